The Morgan fingerprint density at radius 1 is 1.08 bits per heavy atom. The lowest BCUT2D eigenvalue weighted by Crippen LogP contribution is -2.29. The first-order valence-corrected chi connectivity index (χ1v) is 8.65. The Balaban J connectivity index is 1.71. The van der Waals surface area contributed by atoms with Gasteiger partial charge in [-0.15, -0.1) is 11.3 Å². The highest BCUT2D eigenvalue weighted by molar-refractivity contribution is 7.13. The van der Waals surface area contributed by atoms with Gasteiger partial charge in [-0.1, -0.05) is 41.9 Å². The van der Waals surface area contributed by atoms with Crippen LogP contribution in [-0.2, 0) is 11.2 Å². The molecule has 1 atom stereocenters. The lowest BCUT2D eigenvalue weighted by Gasteiger charge is -2.15. The lowest BCUT2D eigenvalue weighted by molar-refractivity contribution is -0.145. The van der Waals surface area contributed by atoms with Crippen molar-refractivity contribution < 1.29 is 14.6 Å². The van der Waals surface area contributed by atoms with Gasteiger partial charge >= 0.3 is 5.97 Å². The van der Waals surface area contributed by atoms with Crippen molar-refractivity contribution >= 4 is 28.9 Å². The number of hydrogen-bond acceptors (Lipinski definition) is 3. The topological polar surface area (TPSA) is 46.5 Å². The van der Waals surface area contributed by atoms with Gasteiger partial charge in [-0.25, -0.2) is 4.79 Å². The molecule has 1 aromatic heterocycles. The van der Waals surface area contributed by atoms with E-state index in [1.165, 1.54) is 4.88 Å². The molecular weight excluding hydrogens is 344 g/mol. The second-order valence-electron chi connectivity index (χ2n) is 5.28. The van der Waals surface area contributed by atoms with Crippen LogP contribution in [0.15, 0.2) is 66.0 Å². The van der Waals surface area contributed by atoms with Gasteiger partial charge in [0.25, 0.3) is 0 Å². The van der Waals surface area contributed by atoms with Crippen molar-refractivity contribution in [2.45, 2.75) is 12.5 Å². The Hall–Kier alpha value is -2.30. The maximum absolute atomic E-state index is 11.5. The third-order valence-electron chi connectivity index (χ3n) is 3.55. The molecule has 3 aromatic rings. The number of thiophene rings is 1. The third-order valence-corrected chi connectivity index (χ3v) is 4.72. The van der Waals surface area contributed by atoms with Crippen molar-refractivity contribution in [3.8, 4) is 16.2 Å². The lowest BCUT2D eigenvalue weighted by atomic mass is 10.0. The van der Waals surface area contributed by atoms with Crippen LogP contribution in [0.3, 0.4) is 0 Å². The van der Waals surface area contributed by atoms with Crippen LogP contribution in [0, 0.1) is 0 Å². The molecule has 1 heterocycles. The molecule has 5 heteroatoms. The minimum atomic E-state index is -0.993. The van der Waals surface area contributed by atoms with Crippen LogP contribution >= 0.6 is 22.9 Å². The highest BCUT2D eigenvalue weighted by atomic mass is 35.5. The van der Waals surface area contributed by atoms with Crippen LogP contribution in [0.1, 0.15) is 5.56 Å². The molecule has 0 unspecified atom stereocenters. The van der Waals surface area contributed by atoms with Gasteiger partial charge in [0.2, 0.25) is 0 Å². The van der Waals surface area contributed by atoms with Gasteiger partial charge in [0.1, 0.15) is 5.75 Å². The Morgan fingerprint density at radius 2 is 1.79 bits per heavy atom. The predicted octanol–water partition coefficient (Wildman–Crippen LogP) is 5.14. The molecule has 0 aliphatic rings. The number of carbonyl (C=O) groups is 1. The number of aliphatic carboxylic acids is 1. The van der Waals surface area contributed by atoms with E-state index in [4.69, 9.17) is 16.3 Å². The molecule has 3 rings (SSSR count). The van der Waals surface area contributed by atoms with Crippen molar-refractivity contribution in [1.29, 1.82) is 0 Å². The van der Waals surface area contributed by atoms with E-state index in [2.05, 4.69) is 6.07 Å². The quantitative estimate of drug-likeness (QED) is 0.663. The summed E-state index contributed by atoms with van der Waals surface area (Å²) in [7, 11) is 0. The minimum Gasteiger partial charge on any atom is -0.478 e. The van der Waals surface area contributed by atoms with E-state index in [1.54, 1.807) is 35.6 Å². The predicted molar refractivity (Wildman–Crippen MR) is 97.0 cm³/mol. The molecule has 0 spiro atoms. The standard InChI is InChI=1S/C19H15ClO3S/c20-15-7-9-16(10-8-15)23-17(19(21)22)12-13-3-5-14(6-4-13)18-2-1-11-24-18/h1-11,17H,12H2,(H,21,22)/t17-/m0/s1. The van der Waals surface area contributed by atoms with Crippen molar-refractivity contribution in [2.24, 2.45) is 0 Å². The zero-order valence-corrected chi connectivity index (χ0v) is 14.3. The largest absolute Gasteiger partial charge is 0.478 e. The molecule has 0 fully saturated rings. The van der Waals surface area contributed by atoms with Crippen molar-refractivity contribution in [3.63, 3.8) is 0 Å². The van der Waals surface area contributed by atoms with E-state index in [1.807, 2.05) is 35.7 Å². The van der Waals surface area contributed by atoms with Gasteiger partial charge in [-0.05, 0) is 46.8 Å². The summed E-state index contributed by atoms with van der Waals surface area (Å²) in [5.41, 5.74) is 2.04. The summed E-state index contributed by atoms with van der Waals surface area (Å²) in [6.45, 7) is 0. The van der Waals surface area contributed by atoms with Crippen LogP contribution in [0.25, 0.3) is 10.4 Å². The Kier molecular flexibility index (Phi) is 5.18. The molecule has 0 saturated heterocycles. The van der Waals surface area contributed by atoms with Crippen LogP contribution in [0.4, 0.5) is 0 Å². The van der Waals surface area contributed by atoms with Crippen molar-refractivity contribution in [3.05, 3.63) is 76.6 Å². The van der Waals surface area contributed by atoms with Gasteiger partial charge in [0.05, 0.1) is 0 Å². The molecule has 0 aliphatic heterocycles. The van der Waals surface area contributed by atoms with E-state index >= 15 is 0 Å². The monoisotopic (exact) mass is 358 g/mol. The molecule has 3 nitrogen and oxygen atoms in total. The summed E-state index contributed by atoms with van der Waals surface area (Å²) in [5, 5.41) is 12.0. The molecule has 0 amide bonds. The molecule has 24 heavy (non-hydrogen) atoms. The van der Waals surface area contributed by atoms with E-state index in [-0.39, 0.29) is 0 Å². The number of rotatable bonds is 6. The molecule has 1 N–H and O–H groups in total. The SMILES string of the molecule is O=C(O)[C@H](Cc1ccc(-c2cccs2)cc1)Oc1ccc(Cl)cc1. The second-order valence-corrected chi connectivity index (χ2v) is 6.66. The fourth-order valence-corrected chi connectivity index (χ4v) is 3.18. The van der Waals surface area contributed by atoms with Crippen molar-refractivity contribution in [1.82, 2.24) is 0 Å². The Labute approximate surface area is 149 Å². The Morgan fingerprint density at radius 3 is 2.38 bits per heavy atom. The molecule has 0 saturated carbocycles. The summed E-state index contributed by atoms with van der Waals surface area (Å²) in [6.07, 6.45) is -0.651. The molecule has 0 aliphatic carbocycles. The average molecular weight is 359 g/mol. The average Bonchev–Trinajstić information content (AvgIpc) is 3.11. The molecular formula is C19H15ClO3S. The summed E-state index contributed by atoms with van der Waals surface area (Å²) >= 11 is 7.50. The number of carboxylic acids is 1. The highest BCUT2D eigenvalue weighted by Gasteiger charge is 2.20. The third kappa shape index (κ3) is 4.16. The smallest absolute Gasteiger partial charge is 0.345 e. The van der Waals surface area contributed by atoms with Gasteiger partial charge in [-0.2, -0.15) is 0 Å². The van der Waals surface area contributed by atoms with E-state index < -0.39 is 12.1 Å². The van der Waals surface area contributed by atoms with Crippen molar-refractivity contribution in [2.75, 3.05) is 0 Å². The minimum absolute atomic E-state index is 0.294. The second kappa shape index (κ2) is 7.51. The first kappa shape index (κ1) is 16.6. The number of carboxylic acid groups (broad SMARTS) is 1. The van der Waals surface area contributed by atoms with Crippen LogP contribution in [0.2, 0.25) is 5.02 Å². The number of benzene rings is 2. The maximum atomic E-state index is 11.5. The van der Waals surface area contributed by atoms with E-state index in [0.29, 0.717) is 17.2 Å². The van der Waals surface area contributed by atoms with Crippen LogP contribution < -0.4 is 4.74 Å². The van der Waals surface area contributed by atoms with E-state index in [9.17, 15) is 9.90 Å². The zero-order chi connectivity index (χ0) is 16.9. The van der Waals surface area contributed by atoms with Gasteiger partial charge in [-0.3, -0.25) is 0 Å². The van der Waals surface area contributed by atoms with Gasteiger partial charge < -0.3 is 9.84 Å². The number of ether oxygens (including phenoxy) is 1. The summed E-state index contributed by atoms with van der Waals surface area (Å²) < 4.78 is 5.58. The molecule has 122 valence electrons. The normalized spacial score (nSPS) is 11.9. The fraction of sp³-hybridized carbons (Fsp3) is 0.105. The van der Waals surface area contributed by atoms with Gasteiger partial charge in [0.15, 0.2) is 6.10 Å². The fourth-order valence-electron chi connectivity index (χ4n) is 2.32. The summed E-state index contributed by atoms with van der Waals surface area (Å²) in [6, 6.07) is 18.6. The maximum Gasteiger partial charge on any atom is 0.345 e. The van der Waals surface area contributed by atoms with Gasteiger partial charge in [0, 0.05) is 16.3 Å². The summed E-state index contributed by atoms with van der Waals surface area (Å²) in [4.78, 5) is 12.7. The molecule has 0 bridgehead atoms. The van der Waals surface area contributed by atoms with Crippen LogP contribution in [0.5, 0.6) is 5.75 Å². The summed E-state index contributed by atoms with van der Waals surface area (Å²) in [5.74, 6) is -0.505. The van der Waals surface area contributed by atoms with E-state index in [0.717, 1.165) is 11.1 Å². The number of hydrogen-bond donors (Lipinski definition) is 1. The molecule has 2 aromatic carbocycles. The number of halogens is 1. The Bertz CT molecular complexity index is 796. The zero-order valence-electron chi connectivity index (χ0n) is 12.7. The first-order chi connectivity index (χ1) is 11.6. The first-order valence-electron chi connectivity index (χ1n) is 7.39. The highest BCUT2D eigenvalue weighted by Crippen LogP contribution is 2.25. The van der Waals surface area contributed by atoms with Crippen LogP contribution in [-0.4, -0.2) is 17.2 Å². The molecule has 0 radical (unpaired) electrons.